The summed E-state index contributed by atoms with van der Waals surface area (Å²) in [7, 11) is 0. The van der Waals surface area contributed by atoms with E-state index < -0.39 is 12.0 Å². The first-order valence-electron chi connectivity index (χ1n) is 5.38. The number of carbonyl (C=O) groups excluding carboxylic acids is 1. The van der Waals surface area contributed by atoms with Crippen LogP contribution in [0.5, 0.6) is 0 Å². The van der Waals surface area contributed by atoms with Gasteiger partial charge in [-0.1, -0.05) is 0 Å². The van der Waals surface area contributed by atoms with Crippen molar-refractivity contribution in [3.8, 4) is 0 Å². The fourth-order valence-electron chi connectivity index (χ4n) is 1.72. The summed E-state index contributed by atoms with van der Waals surface area (Å²) in [5, 5.41) is 10.9. The lowest BCUT2D eigenvalue weighted by molar-refractivity contribution is -0.145. The number of aromatic nitrogens is 1. The van der Waals surface area contributed by atoms with Crippen LogP contribution >= 0.6 is 11.8 Å². The zero-order valence-electron chi connectivity index (χ0n) is 9.74. The Kier molecular flexibility index (Phi) is 3.66. The monoisotopic (exact) mass is 264 g/mol. The SMILES string of the molecule is CC(C(=O)O)N1C(=O)CSC=C1c1ccncc1. The quantitative estimate of drug-likeness (QED) is 0.894. The summed E-state index contributed by atoms with van der Waals surface area (Å²) in [4.78, 5) is 28.2. The Morgan fingerprint density at radius 1 is 1.50 bits per heavy atom. The number of nitrogens with zero attached hydrogens (tertiary/aromatic N) is 2. The molecule has 0 saturated carbocycles. The van der Waals surface area contributed by atoms with E-state index in [0.717, 1.165) is 5.56 Å². The molecule has 1 atom stereocenters. The third-order valence-corrected chi connectivity index (χ3v) is 3.45. The second-order valence-electron chi connectivity index (χ2n) is 3.83. The van der Waals surface area contributed by atoms with E-state index in [2.05, 4.69) is 4.98 Å². The summed E-state index contributed by atoms with van der Waals surface area (Å²) in [6, 6.07) is 2.64. The Morgan fingerprint density at radius 2 is 2.17 bits per heavy atom. The van der Waals surface area contributed by atoms with Crippen LogP contribution in [0.25, 0.3) is 5.70 Å². The third-order valence-electron chi connectivity index (χ3n) is 2.65. The molecule has 18 heavy (non-hydrogen) atoms. The molecular weight excluding hydrogens is 252 g/mol. The first kappa shape index (κ1) is 12.6. The molecule has 0 saturated heterocycles. The number of hydrogen-bond donors (Lipinski definition) is 1. The largest absolute Gasteiger partial charge is 0.480 e. The van der Waals surface area contributed by atoms with Crippen LogP contribution in [0, 0.1) is 0 Å². The van der Waals surface area contributed by atoms with Crippen molar-refractivity contribution in [2.24, 2.45) is 0 Å². The molecule has 0 radical (unpaired) electrons. The average Bonchev–Trinajstić information content (AvgIpc) is 2.38. The van der Waals surface area contributed by atoms with Crippen LogP contribution < -0.4 is 0 Å². The zero-order chi connectivity index (χ0) is 13.1. The van der Waals surface area contributed by atoms with Crippen molar-refractivity contribution in [2.45, 2.75) is 13.0 Å². The Morgan fingerprint density at radius 3 is 2.78 bits per heavy atom. The van der Waals surface area contributed by atoms with Gasteiger partial charge in [0, 0.05) is 18.0 Å². The highest BCUT2D eigenvalue weighted by atomic mass is 32.2. The van der Waals surface area contributed by atoms with Crippen molar-refractivity contribution in [1.29, 1.82) is 0 Å². The molecule has 0 fully saturated rings. The van der Waals surface area contributed by atoms with Gasteiger partial charge >= 0.3 is 5.97 Å². The number of carboxylic acid groups (broad SMARTS) is 1. The van der Waals surface area contributed by atoms with Gasteiger partial charge in [-0.25, -0.2) is 4.79 Å². The summed E-state index contributed by atoms with van der Waals surface area (Å²) >= 11 is 1.37. The molecule has 1 unspecified atom stereocenters. The maximum Gasteiger partial charge on any atom is 0.326 e. The van der Waals surface area contributed by atoms with Gasteiger partial charge < -0.3 is 5.11 Å². The molecule has 0 aromatic carbocycles. The third kappa shape index (κ3) is 2.38. The first-order valence-corrected chi connectivity index (χ1v) is 6.43. The fraction of sp³-hybridized carbons (Fsp3) is 0.250. The fourth-order valence-corrected chi connectivity index (χ4v) is 2.49. The highest BCUT2D eigenvalue weighted by molar-refractivity contribution is 8.03. The van der Waals surface area contributed by atoms with Gasteiger partial charge in [0.1, 0.15) is 6.04 Å². The Balaban J connectivity index is 2.40. The maximum atomic E-state index is 11.9. The molecule has 1 aromatic rings. The van der Waals surface area contributed by atoms with Gasteiger partial charge in [0.2, 0.25) is 5.91 Å². The first-order chi connectivity index (χ1) is 8.61. The molecule has 94 valence electrons. The number of amides is 1. The topological polar surface area (TPSA) is 70.5 Å². The molecule has 1 aliphatic heterocycles. The van der Waals surface area contributed by atoms with Gasteiger partial charge in [-0.2, -0.15) is 0 Å². The summed E-state index contributed by atoms with van der Waals surface area (Å²) in [5.41, 5.74) is 1.41. The van der Waals surface area contributed by atoms with E-state index in [-0.39, 0.29) is 11.7 Å². The predicted molar refractivity (Wildman–Crippen MR) is 68.6 cm³/mol. The van der Waals surface area contributed by atoms with E-state index in [1.807, 2.05) is 5.41 Å². The van der Waals surface area contributed by atoms with E-state index in [9.17, 15) is 9.59 Å². The summed E-state index contributed by atoms with van der Waals surface area (Å²) in [6.07, 6.45) is 3.23. The lowest BCUT2D eigenvalue weighted by atomic mass is 10.1. The highest BCUT2D eigenvalue weighted by Gasteiger charge is 2.31. The smallest absolute Gasteiger partial charge is 0.326 e. The van der Waals surface area contributed by atoms with Crippen LogP contribution in [0.4, 0.5) is 0 Å². The predicted octanol–water partition coefficient (Wildman–Crippen LogP) is 1.43. The molecule has 2 heterocycles. The van der Waals surface area contributed by atoms with E-state index in [0.29, 0.717) is 5.70 Å². The second-order valence-corrected chi connectivity index (χ2v) is 4.69. The Labute approximate surface area is 109 Å². The van der Waals surface area contributed by atoms with Crippen molar-refractivity contribution >= 4 is 29.3 Å². The number of rotatable bonds is 3. The van der Waals surface area contributed by atoms with Gasteiger partial charge in [0.15, 0.2) is 0 Å². The molecule has 0 aliphatic carbocycles. The minimum Gasteiger partial charge on any atom is -0.480 e. The summed E-state index contributed by atoms with van der Waals surface area (Å²) in [5.74, 6) is -0.939. The molecule has 5 nitrogen and oxygen atoms in total. The van der Waals surface area contributed by atoms with Gasteiger partial charge in [0.05, 0.1) is 11.4 Å². The van der Waals surface area contributed by atoms with E-state index in [1.165, 1.54) is 23.6 Å². The van der Waals surface area contributed by atoms with Gasteiger partial charge in [-0.05, 0) is 24.5 Å². The zero-order valence-corrected chi connectivity index (χ0v) is 10.6. The molecule has 1 aromatic heterocycles. The van der Waals surface area contributed by atoms with Crippen LogP contribution in [0.3, 0.4) is 0 Å². The molecule has 1 amide bonds. The van der Waals surface area contributed by atoms with Crippen molar-refractivity contribution in [3.05, 3.63) is 35.5 Å². The summed E-state index contributed by atoms with van der Waals surface area (Å²) < 4.78 is 0. The maximum absolute atomic E-state index is 11.9. The number of hydrogen-bond acceptors (Lipinski definition) is 4. The van der Waals surface area contributed by atoms with Crippen molar-refractivity contribution in [3.63, 3.8) is 0 Å². The van der Waals surface area contributed by atoms with Gasteiger partial charge in [0.25, 0.3) is 0 Å². The molecule has 2 rings (SSSR count). The molecule has 6 heteroatoms. The summed E-state index contributed by atoms with van der Waals surface area (Å²) in [6.45, 7) is 1.51. The van der Waals surface area contributed by atoms with Crippen LogP contribution in [0.15, 0.2) is 29.9 Å². The Hall–Kier alpha value is -1.82. The van der Waals surface area contributed by atoms with Crippen LogP contribution in [-0.2, 0) is 9.59 Å². The normalized spacial score (nSPS) is 17.3. The van der Waals surface area contributed by atoms with Crippen LogP contribution in [0.2, 0.25) is 0 Å². The minimum absolute atomic E-state index is 0.191. The molecule has 0 spiro atoms. The van der Waals surface area contributed by atoms with Gasteiger partial charge in [-0.15, -0.1) is 11.8 Å². The standard InChI is InChI=1S/C12H12N2O3S/c1-8(12(16)17)14-10(6-18-7-11(14)15)9-2-4-13-5-3-9/h2-6,8H,7H2,1H3,(H,16,17). The van der Waals surface area contributed by atoms with Crippen molar-refractivity contribution < 1.29 is 14.7 Å². The molecule has 0 bridgehead atoms. The van der Waals surface area contributed by atoms with Crippen molar-refractivity contribution in [2.75, 3.05) is 5.75 Å². The van der Waals surface area contributed by atoms with E-state index >= 15 is 0 Å². The number of thioether (sulfide) groups is 1. The Bertz CT molecular complexity index is 501. The van der Waals surface area contributed by atoms with Crippen molar-refractivity contribution in [1.82, 2.24) is 9.88 Å². The van der Waals surface area contributed by atoms with Crippen LogP contribution in [0.1, 0.15) is 12.5 Å². The number of pyridine rings is 1. The van der Waals surface area contributed by atoms with E-state index in [1.54, 1.807) is 24.5 Å². The number of aliphatic carboxylic acids is 1. The second kappa shape index (κ2) is 5.22. The molecule has 1 aliphatic rings. The lowest BCUT2D eigenvalue weighted by Crippen LogP contribution is -2.44. The highest BCUT2D eigenvalue weighted by Crippen LogP contribution is 2.29. The minimum atomic E-state index is -1.02. The average molecular weight is 264 g/mol. The lowest BCUT2D eigenvalue weighted by Gasteiger charge is -2.31. The van der Waals surface area contributed by atoms with E-state index in [4.69, 9.17) is 5.11 Å². The van der Waals surface area contributed by atoms with Gasteiger partial charge in [-0.3, -0.25) is 14.7 Å². The number of carboxylic acids is 1. The molecular formula is C12H12N2O3S. The molecule has 1 N–H and O–H groups in total. The number of carbonyl (C=O) groups is 2. The van der Waals surface area contributed by atoms with Crippen LogP contribution in [-0.4, -0.2) is 38.7 Å².